The number of hydrogen-bond donors (Lipinski definition) is 0. The zero-order valence-electron chi connectivity index (χ0n) is 36.2. The molecule has 0 amide bonds. The minimum absolute atomic E-state index is 0.0717. The van der Waals surface area contributed by atoms with Gasteiger partial charge in [0.05, 0.1) is 5.41 Å². The van der Waals surface area contributed by atoms with Crippen LogP contribution in [-0.4, -0.2) is 6.54 Å². The first-order valence-corrected chi connectivity index (χ1v) is 22.5. The molecule has 306 valence electrons. The van der Waals surface area contributed by atoms with Crippen LogP contribution in [0.5, 0.6) is 0 Å². The summed E-state index contributed by atoms with van der Waals surface area (Å²) in [5, 5.41) is 2.42. The summed E-state index contributed by atoms with van der Waals surface area (Å²) >= 11 is 0. The summed E-state index contributed by atoms with van der Waals surface area (Å²) in [6.45, 7) is 12.4. The molecule has 0 atom stereocenters. The van der Waals surface area contributed by atoms with Gasteiger partial charge in [-0.05, 0) is 109 Å². The van der Waals surface area contributed by atoms with Gasteiger partial charge in [-0.3, -0.25) is 0 Å². The predicted octanol–water partition coefficient (Wildman–Crippen LogP) is 15.8. The quantitative estimate of drug-likeness (QED) is 0.133. The Hall–Kier alpha value is -7.22. The lowest BCUT2D eigenvalue weighted by Gasteiger charge is -2.36. The molecule has 0 heterocycles. The third-order valence-corrected chi connectivity index (χ3v) is 14.1. The fourth-order valence-corrected chi connectivity index (χ4v) is 11.2. The lowest BCUT2D eigenvalue weighted by molar-refractivity contribution is 0.536. The number of anilines is 1. The van der Waals surface area contributed by atoms with E-state index in [4.69, 9.17) is 6.58 Å². The van der Waals surface area contributed by atoms with Crippen LogP contribution in [0.4, 0.5) is 5.69 Å². The molecule has 3 aliphatic carbocycles. The largest absolute Gasteiger partial charge is 0.338 e. The van der Waals surface area contributed by atoms with Crippen LogP contribution in [0.1, 0.15) is 66.0 Å². The highest BCUT2D eigenvalue weighted by Gasteiger charge is 2.48. The smallest absolute Gasteiger partial charge is 0.0673 e. The Labute approximate surface area is 373 Å². The summed E-state index contributed by atoms with van der Waals surface area (Å²) in [5.41, 5.74) is 17.1. The van der Waals surface area contributed by atoms with Crippen LogP contribution in [0.15, 0.2) is 248 Å². The number of fused-ring (bicyclic) bond motifs is 4. The normalized spacial score (nSPS) is 15.7. The molecule has 7 aromatic rings. The first-order chi connectivity index (χ1) is 31.0. The Kier molecular flexibility index (Phi) is 10.7. The van der Waals surface area contributed by atoms with Crippen molar-refractivity contribution in [3.63, 3.8) is 0 Å². The molecule has 0 N–H and O–H groups in total. The van der Waals surface area contributed by atoms with Gasteiger partial charge in [0.2, 0.25) is 0 Å². The maximum Gasteiger partial charge on any atom is 0.0673 e. The summed E-state index contributed by atoms with van der Waals surface area (Å²) in [6.07, 6.45) is 11.5. The second-order valence-electron chi connectivity index (χ2n) is 17.2. The highest BCUT2D eigenvalue weighted by Crippen LogP contribution is 2.58. The van der Waals surface area contributed by atoms with Crippen molar-refractivity contribution in [1.29, 1.82) is 0 Å². The van der Waals surface area contributed by atoms with Gasteiger partial charge < -0.3 is 4.90 Å². The van der Waals surface area contributed by atoms with E-state index in [2.05, 4.69) is 237 Å². The van der Waals surface area contributed by atoms with Crippen molar-refractivity contribution < 1.29 is 0 Å². The number of benzene rings is 6. The molecule has 1 fully saturated rings. The Bertz CT molecular complexity index is 2970. The summed E-state index contributed by atoms with van der Waals surface area (Å²) in [6, 6.07) is 72.9. The van der Waals surface area contributed by atoms with E-state index in [-0.39, 0.29) is 5.41 Å². The van der Waals surface area contributed by atoms with Crippen molar-refractivity contribution in [2.45, 2.75) is 43.4 Å². The molecule has 1 heteroatoms. The first kappa shape index (κ1) is 39.9. The predicted molar refractivity (Wildman–Crippen MR) is 268 cm³/mol. The molecule has 0 aromatic heterocycles. The van der Waals surface area contributed by atoms with Gasteiger partial charge in [0.25, 0.3) is 0 Å². The second-order valence-corrected chi connectivity index (χ2v) is 17.2. The van der Waals surface area contributed by atoms with Gasteiger partial charge in [-0.25, -0.2) is 0 Å². The van der Waals surface area contributed by atoms with Crippen LogP contribution < -0.4 is 4.90 Å². The Morgan fingerprint density at radius 2 is 1.03 bits per heavy atom. The standard InChI is InChI=1S/C62H53N/c1-4-54-56-33-15-17-36-58(56)61(42-19-20-43-61)60(54)46(3)63(53-40-38-50(39-41-53)49-26-14-12-24-47-23-11-13-25-48(47)27-21-28-49)44-22-35-55-45(2)62(51-29-7-5-8-30-51,52-31-9-6-10-32-52)59-37-18-16-34-57(55)59/h4-18,21-41H,1,3,19-20,42-44H2,2H3/b14-12?,24-12?,26-14?,27-21?,28-21?,35-22-,47-24?,48-27?,49-26?,49-28?. The Balaban J connectivity index is 1.08. The lowest BCUT2D eigenvalue weighted by Crippen LogP contribution is -2.31. The molecule has 0 unspecified atom stereocenters. The van der Waals surface area contributed by atoms with Gasteiger partial charge >= 0.3 is 0 Å². The summed E-state index contributed by atoms with van der Waals surface area (Å²) in [4.78, 5) is 2.45. The van der Waals surface area contributed by atoms with Crippen LogP contribution in [0, 0.1) is 0 Å². The lowest BCUT2D eigenvalue weighted by atomic mass is 9.67. The summed E-state index contributed by atoms with van der Waals surface area (Å²) < 4.78 is 0. The van der Waals surface area contributed by atoms with Crippen molar-refractivity contribution >= 4 is 27.6 Å². The van der Waals surface area contributed by atoms with Crippen molar-refractivity contribution in [1.82, 2.24) is 0 Å². The van der Waals surface area contributed by atoms with Crippen LogP contribution in [0.3, 0.4) is 0 Å². The Morgan fingerprint density at radius 3 is 1.65 bits per heavy atom. The average molecular weight is 812 g/mol. The molecule has 1 nitrogen and oxygen atoms in total. The molecule has 63 heavy (non-hydrogen) atoms. The molecule has 10 rings (SSSR count). The van der Waals surface area contributed by atoms with Crippen molar-refractivity contribution in [2.75, 3.05) is 11.4 Å². The topological polar surface area (TPSA) is 3.24 Å². The van der Waals surface area contributed by atoms with Gasteiger partial charge in [-0.1, -0.05) is 232 Å². The molecule has 1 spiro atoms. The second kappa shape index (κ2) is 16.9. The van der Waals surface area contributed by atoms with E-state index in [9.17, 15) is 0 Å². The van der Waals surface area contributed by atoms with E-state index >= 15 is 0 Å². The zero-order chi connectivity index (χ0) is 42.8. The van der Waals surface area contributed by atoms with E-state index in [1.807, 2.05) is 0 Å². The molecule has 0 aliphatic heterocycles. The monoisotopic (exact) mass is 811 g/mol. The summed E-state index contributed by atoms with van der Waals surface area (Å²) in [5.74, 6) is 0. The van der Waals surface area contributed by atoms with Gasteiger partial charge in [0, 0.05) is 23.3 Å². The van der Waals surface area contributed by atoms with Gasteiger partial charge in [-0.15, -0.1) is 0 Å². The molecule has 0 bridgehead atoms. The van der Waals surface area contributed by atoms with E-state index in [1.54, 1.807) is 0 Å². The van der Waals surface area contributed by atoms with E-state index < -0.39 is 5.41 Å². The number of nitrogens with zero attached hydrogens (tertiary/aromatic N) is 1. The average Bonchev–Trinajstić information content (AvgIpc) is 4.01. The van der Waals surface area contributed by atoms with Crippen molar-refractivity contribution in [3.8, 4) is 11.1 Å². The molecule has 7 aromatic carbocycles. The molecule has 0 saturated heterocycles. The SMILES string of the molecule is C=CC1=C(C(=C)N(C/C=C\C2=C(C)C(c3ccccc3)(c3ccccc3)c3ccccc32)c2ccc(-c3ccccc4ccccc4ccc3)cc2)C2(CCCC2)c2ccccc21. The van der Waals surface area contributed by atoms with E-state index in [1.165, 1.54) is 79.3 Å². The first-order valence-electron chi connectivity index (χ1n) is 22.5. The van der Waals surface area contributed by atoms with Crippen LogP contribution in [0.2, 0.25) is 0 Å². The highest BCUT2D eigenvalue weighted by molar-refractivity contribution is 5.91. The molecular weight excluding hydrogens is 759 g/mol. The molecule has 1 saturated carbocycles. The number of rotatable bonds is 10. The minimum atomic E-state index is -0.404. The fourth-order valence-electron chi connectivity index (χ4n) is 11.2. The van der Waals surface area contributed by atoms with Crippen molar-refractivity contribution in [3.05, 3.63) is 282 Å². The van der Waals surface area contributed by atoms with Gasteiger partial charge in [-0.2, -0.15) is 0 Å². The minimum Gasteiger partial charge on any atom is -0.338 e. The number of allylic oxidation sites excluding steroid dienone is 6. The Morgan fingerprint density at radius 1 is 0.540 bits per heavy atom. The molecular formula is C62H53N. The van der Waals surface area contributed by atoms with Crippen LogP contribution in [0.25, 0.3) is 33.0 Å². The highest BCUT2D eigenvalue weighted by atomic mass is 15.1. The summed E-state index contributed by atoms with van der Waals surface area (Å²) in [7, 11) is 0. The third kappa shape index (κ3) is 6.80. The van der Waals surface area contributed by atoms with Gasteiger partial charge in [0.15, 0.2) is 0 Å². The van der Waals surface area contributed by atoms with E-state index in [0.717, 1.165) is 35.4 Å². The molecule has 0 radical (unpaired) electrons. The number of hydrogen-bond acceptors (Lipinski definition) is 1. The molecule has 3 aliphatic rings. The maximum absolute atomic E-state index is 5.03. The van der Waals surface area contributed by atoms with Gasteiger partial charge in [0.1, 0.15) is 0 Å². The van der Waals surface area contributed by atoms with Crippen LogP contribution >= 0.6 is 0 Å². The fraction of sp³-hybridized carbons (Fsp3) is 0.129. The van der Waals surface area contributed by atoms with E-state index in [0.29, 0.717) is 6.54 Å². The van der Waals surface area contributed by atoms with Crippen molar-refractivity contribution in [2.24, 2.45) is 0 Å². The van der Waals surface area contributed by atoms with Crippen LogP contribution in [-0.2, 0) is 10.8 Å². The third-order valence-electron chi connectivity index (χ3n) is 14.1. The maximum atomic E-state index is 5.03. The zero-order valence-corrected chi connectivity index (χ0v) is 36.2.